The fraction of sp³-hybridized carbons (Fsp3) is 0.348. The standard InChI is InChI=1S/C23H26N4O3/c1-2-24-12-14-25(15-13-24)21(28)17-26-20-11-7-6-10-19(20)22(29)27(23(26)30)16-18-8-4-3-5-9-18/h3-11H,2,12-17H2,1H3. The fourth-order valence-electron chi connectivity index (χ4n) is 3.98. The van der Waals surface area contributed by atoms with Gasteiger partial charge in [0.05, 0.1) is 17.4 Å². The van der Waals surface area contributed by atoms with Gasteiger partial charge in [0.1, 0.15) is 6.54 Å². The van der Waals surface area contributed by atoms with Crippen LogP contribution in [-0.4, -0.2) is 57.6 Å². The van der Waals surface area contributed by atoms with E-state index in [-0.39, 0.29) is 24.6 Å². The van der Waals surface area contributed by atoms with Crippen LogP contribution in [0.5, 0.6) is 0 Å². The number of hydrogen-bond donors (Lipinski definition) is 0. The molecule has 4 rings (SSSR count). The van der Waals surface area contributed by atoms with Crippen LogP contribution in [0.1, 0.15) is 12.5 Å². The molecule has 0 N–H and O–H groups in total. The second-order valence-corrected chi connectivity index (χ2v) is 7.58. The first-order chi connectivity index (χ1) is 14.6. The van der Waals surface area contributed by atoms with E-state index in [1.165, 1.54) is 9.13 Å². The van der Waals surface area contributed by atoms with Crippen LogP contribution in [0.15, 0.2) is 64.2 Å². The van der Waals surface area contributed by atoms with Gasteiger partial charge in [0.15, 0.2) is 0 Å². The van der Waals surface area contributed by atoms with E-state index in [9.17, 15) is 14.4 Å². The van der Waals surface area contributed by atoms with E-state index in [2.05, 4.69) is 11.8 Å². The van der Waals surface area contributed by atoms with Gasteiger partial charge in [0, 0.05) is 26.2 Å². The average molecular weight is 406 g/mol. The van der Waals surface area contributed by atoms with Gasteiger partial charge in [-0.2, -0.15) is 0 Å². The number of carbonyl (C=O) groups excluding carboxylic acids is 1. The van der Waals surface area contributed by atoms with Gasteiger partial charge in [-0.15, -0.1) is 0 Å². The Balaban J connectivity index is 1.71. The molecular weight excluding hydrogens is 380 g/mol. The molecule has 7 nitrogen and oxygen atoms in total. The van der Waals surface area contributed by atoms with Crippen LogP contribution in [-0.2, 0) is 17.9 Å². The molecular formula is C23H26N4O3. The molecule has 1 aliphatic rings. The molecule has 1 aliphatic heterocycles. The Bertz CT molecular complexity index is 1160. The highest BCUT2D eigenvalue weighted by Crippen LogP contribution is 2.10. The van der Waals surface area contributed by atoms with Crippen molar-refractivity contribution in [2.24, 2.45) is 0 Å². The third-order valence-corrected chi connectivity index (χ3v) is 5.78. The molecule has 2 aromatic carbocycles. The van der Waals surface area contributed by atoms with Crippen molar-refractivity contribution in [2.45, 2.75) is 20.0 Å². The van der Waals surface area contributed by atoms with Gasteiger partial charge in [-0.25, -0.2) is 4.79 Å². The van der Waals surface area contributed by atoms with E-state index in [0.29, 0.717) is 24.0 Å². The van der Waals surface area contributed by atoms with E-state index < -0.39 is 5.69 Å². The molecule has 0 atom stereocenters. The number of aromatic nitrogens is 2. The van der Waals surface area contributed by atoms with E-state index in [1.807, 2.05) is 30.3 Å². The lowest BCUT2D eigenvalue weighted by Gasteiger charge is -2.34. The number of carbonyl (C=O) groups is 1. The normalized spacial score (nSPS) is 14.9. The van der Waals surface area contributed by atoms with Crippen molar-refractivity contribution in [3.8, 4) is 0 Å². The van der Waals surface area contributed by atoms with Crippen molar-refractivity contribution in [3.05, 3.63) is 81.0 Å². The lowest BCUT2D eigenvalue weighted by Crippen LogP contribution is -2.50. The summed E-state index contributed by atoms with van der Waals surface area (Å²) in [6.07, 6.45) is 0. The smallest absolute Gasteiger partial charge is 0.332 e. The van der Waals surface area contributed by atoms with Crippen molar-refractivity contribution < 1.29 is 4.79 Å². The van der Waals surface area contributed by atoms with Crippen LogP contribution >= 0.6 is 0 Å². The SMILES string of the molecule is CCN1CCN(C(=O)Cn2c(=O)n(Cc3ccccc3)c(=O)c3ccccc32)CC1. The van der Waals surface area contributed by atoms with Crippen LogP contribution in [0.4, 0.5) is 0 Å². The maximum atomic E-state index is 13.3. The predicted molar refractivity (Wildman–Crippen MR) is 117 cm³/mol. The predicted octanol–water partition coefficient (Wildman–Crippen LogP) is 1.38. The molecule has 0 unspecified atom stereocenters. The van der Waals surface area contributed by atoms with Crippen molar-refractivity contribution in [2.75, 3.05) is 32.7 Å². The summed E-state index contributed by atoms with van der Waals surface area (Å²) in [5.74, 6) is -0.0945. The van der Waals surface area contributed by atoms with Crippen LogP contribution in [0.3, 0.4) is 0 Å². The molecule has 1 saturated heterocycles. The maximum absolute atomic E-state index is 13.3. The molecule has 0 saturated carbocycles. The average Bonchev–Trinajstić information content (AvgIpc) is 2.80. The molecule has 156 valence electrons. The Morgan fingerprint density at radius 1 is 0.867 bits per heavy atom. The quantitative estimate of drug-likeness (QED) is 0.642. The number of rotatable bonds is 5. The number of benzene rings is 2. The summed E-state index contributed by atoms with van der Waals surface area (Å²) >= 11 is 0. The molecule has 1 aromatic heterocycles. The lowest BCUT2D eigenvalue weighted by molar-refractivity contribution is -0.133. The second-order valence-electron chi connectivity index (χ2n) is 7.58. The summed E-state index contributed by atoms with van der Waals surface area (Å²) < 4.78 is 2.66. The lowest BCUT2D eigenvalue weighted by atomic mass is 10.2. The number of fused-ring (bicyclic) bond motifs is 1. The minimum Gasteiger partial charge on any atom is -0.339 e. The summed E-state index contributed by atoms with van der Waals surface area (Å²) in [6, 6.07) is 16.4. The first-order valence-electron chi connectivity index (χ1n) is 10.3. The zero-order valence-corrected chi connectivity index (χ0v) is 17.2. The molecule has 0 aliphatic carbocycles. The van der Waals surface area contributed by atoms with Gasteiger partial charge in [-0.3, -0.25) is 18.7 Å². The van der Waals surface area contributed by atoms with E-state index in [0.717, 1.165) is 25.2 Å². The molecule has 3 aromatic rings. The fourth-order valence-corrected chi connectivity index (χ4v) is 3.98. The summed E-state index contributed by atoms with van der Waals surface area (Å²) in [4.78, 5) is 43.4. The third-order valence-electron chi connectivity index (χ3n) is 5.78. The summed E-state index contributed by atoms with van der Waals surface area (Å²) in [5.41, 5.74) is 0.570. The van der Waals surface area contributed by atoms with Gasteiger partial charge >= 0.3 is 5.69 Å². The zero-order chi connectivity index (χ0) is 21.1. The summed E-state index contributed by atoms with van der Waals surface area (Å²) in [6.45, 7) is 6.17. The zero-order valence-electron chi connectivity index (χ0n) is 17.2. The molecule has 1 fully saturated rings. The van der Waals surface area contributed by atoms with E-state index >= 15 is 0 Å². The molecule has 0 spiro atoms. The topological polar surface area (TPSA) is 67.5 Å². The Labute approximate surface area is 174 Å². The van der Waals surface area contributed by atoms with Gasteiger partial charge in [0.25, 0.3) is 5.56 Å². The van der Waals surface area contributed by atoms with Crippen molar-refractivity contribution in [1.82, 2.24) is 18.9 Å². The van der Waals surface area contributed by atoms with Gasteiger partial charge in [-0.1, -0.05) is 49.4 Å². The van der Waals surface area contributed by atoms with Crippen LogP contribution in [0.2, 0.25) is 0 Å². The Morgan fingerprint density at radius 3 is 2.23 bits per heavy atom. The Morgan fingerprint density at radius 2 is 1.53 bits per heavy atom. The highest BCUT2D eigenvalue weighted by molar-refractivity contribution is 5.81. The minimum absolute atomic E-state index is 0.0689. The van der Waals surface area contributed by atoms with Crippen LogP contribution in [0.25, 0.3) is 10.9 Å². The van der Waals surface area contributed by atoms with Crippen LogP contribution < -0.4 is 11.2 Å². The molecule has 7 heteroatoms. The number of likely N-dealkylation sites (N-methyl/N-ethyl adjacent to an activating group) is 1. The van der Waals surface area contributed by atoms with Gasteiger partial charge < -0.3 is 9.80 Å². The van der Waals surface area contributed by atoms with Crippen molar-refractivity contribution >= 4 is 16.8 Å². The van der Waals surface area contributed by atoms with Crippen molar-refractivity contribution in [1.29, 1.82) is 0 Å². The number of para-hydroxylation sites is 1. The monoisotopic (exact) mass is 406 g/mol. The highest BCUT2D eigenvalue weighted by Gasteiger charge is 2.22. The number of nitrogens with zero attached hydrogens (tertiary/aromatic N) is 4. The molecule has 30 heavy (non-hydrogen) atoms. The number of amides is 1. The Kier molecular flexibility index (Phi) is 5.81. The molecule has 1 amide bonds. The van der Waals surface area contributed by atoms with E-state index in [4.69, 9.17) is 0 Å². The summed E-state index contributed by atoms with van der Waals surface area (Å²) in [5, 5.41) is 0.441. The highest BCUT2D eigenvalue weighted by atomic mass is 16.2. The molecule has 0 radical (unpaired) electrons. The van der Waals surface area contributed by atoms with Crippen molar-refractivity contribution in [3.63, 3.8) is 0 Å². The third kappa shape index (κ3) is 3.93. The second kappa shape index (κ2) is 8.67. The largest absolute Gasteiger partial charge is 0.339 e. The minimum atomic E-state index is -0.455. The van der Waals surface area contributed by atoms with Gasteiger partial charge in [0.2, 0.25) is 5.91 Å². The first-order valence-corrected chi connectivity index (χ1v) is 10.3. The number of piperazine rings is 1. The molecule has 0 bridgehead atoms. The first kappa shape index (κ1) is 20.1. The van der Waals surface area contributed by atoms with E-state index in [1.54, 1.807) is 29.2 Å². The molecule has 2 heterocycles. The Hall–Kier alpha value is -3.19. The summed E-state index contributed by atoms with van der Waals surface area (Å²) in [7, 11) is 0. The van der Waals surface area contributed by atoms with Crippen LogP contribution in [0, 0.1) is 0 Å². The number of hydrogen-bond acceptors (Lipinski definition) is 4. The van der Waals surface area contributed by atoms with Gasteiger partial charge in [-0.05, 0) is 24.2 Å². The maximum Gasteiger partial charge on any atom is 0.332 e.